The molecular formula is C27H34N2O5. The molecule has 0 saturated carbocycles. The van der Waals surface area contributed by atoms with Gasteiger partial charge < -0.3 is 23.7 Å². The van der Waals surface area contributed by atoms with E-state index in [0.717, 1.165) is 42.9 Å². The molecule has 7 nitrogen and oxygen atoms in total. The zero-order valence-electron chi connectivity index (χ0n) is 20.7. The number of likely N-dealkylation sites (N-methyl/N-ethyl adjacent to an activating group) is 1. The van der Waals surface area contributed by atoms with Crippen LogP contribution in [0.1, 0.15) is 42.9 Å². The Balaban J connectivity index is 1.44. The Kier molecular flexibility index (Phi) is 7.20. The Bertz CT molecular complexity index is 1070. The van der Waals surface area contributed by atoms with E-state index < -0.39 is 11.7 Å². The number of methoxy groups -OCH3 is 3. The highest BCUT2D eigenvalue weighted by molar-refractivity contribution is 5.60. The molecule has 2 aliphatic rings. The molecule has 2 heterocycles. The van der Waals surface area contributed by atoms with E-state index in [2.05, 4.69) is 18.0 Å². The van der Waals surface area contributed by atoms with Gasteiger partial charge in [-0.15, -0.1) is 0 Å². The normalized spacial score (nSPS) is 21.3. The molecule has 0 fully saturated rings. The average Bonchev–Trinajstić information content (AvgIpc) is 2.87. The van der Waals surface area contributed by atoms with Crippen molar-refractivity contribution in [2.45, 2.75) is 58.1 Å². The van der Waals surface area contributed by atoms with E-state index in [4.69, 9.17) is 23.7 Å². The third kappa shape index (κ3) is 4.53. The van der Waals surface area contributed by atoms with E-state index >= 15 is 0 Å². The van der Waals surface area contributed by atoms with Crippen LogP contribution < -0.4 is 18.9 Å². The fourth-order valence-electron chi connectivity index (χ4n) is 5.04. The fraction of sp³-hybridized carbons (Fsp3) is 0.519. The van der Waals surface area contributed by atoms with Crippen molar-refractivity contribution in [1.29, 1.82) is 5.26 Å². The monoisotopic (exact) mass is 466 g/mol. The maximum atomic E-state index is 10.0. The Morgan fingerprint density at radius 3 is 2.59 bits per heavy atom. The first-order valence-corrected chi connectivity index (χ1v) is 11.7. The first-order valence-electron chi connectivity index (χ1n) is 11.7. The summed E-state index contributed by atoms with van der Waals surface area (Å²) in [5.41, 5.74) is 2.65. The summed E-state index contributed by atoms with van der Waals surface area (Å²) >= 11 is 0. The third-order valence-corrected chi connectivity index (χ3v) is 7.11. The van der Waals surface area contributed by atoms with E-state index in [-0.39, 0.29) is 0 Å². The lowest BCUT2D eigenvalue weighted by molar-refractivity contribution is -0.159. The maximum absolute atomic E-state index is 10.0. The molecule has 3 atom stereocenters. The van der Waals surface area contributed by atoms with Crippen LogP contribution in [0.5, 0.6) is 23.0 Å². The summed E-state index contributed by atoms with van der Waals surface area (Å²) in [6, 6.07) is 12.7. The van der Waals surface area contributed by atoms with Crippen LogP contribution in [-0.4, -0.2) is 45.6 Å². The van der Waals surface area contributed by atoms with E-state index in [1.54, 1.807) is 21.3 Å². The van der Waals surface area contributed by atoms with E-state index in [1.807, 2.05) is 37.3 Å². The summed E-state index contributed by atoms with van der Waals surface area (Å²) in [6.45, 7) is 3.20. The molecule has 0 N–H and O–H groups in total. The predicted octanol–water partition coefficient (Wildman–Crippen LogP) is 4.70. The molecule has 0 bridgehead atoms. The molecule has 0 aliphatic carbocycles. The van der Waals surface area contributed by atoms with Gasteiger partial charge in [0.25, 0.3) is 0 Å². The molecule has 0 aromatic heterocycles. The number of rotatable bonds is 8. The van der Waals surface area contributed by atoms with Gasteiger partial charge in [0.1, 0.15) is 11.2 Å². The highest BCUT2D eigenvalue weighted by Crippen LogP contribution is 2.45. The lowest BCUT2D eigenvalue weighted by Crippen LogP contribution is -2.41. The van der Waals surface area contributed by atoms with Gasteiger partial charge in [-0.2, -0.15) is 5.26 Å². The lowest BCUT2D eigenvalue weighted by atomic mass is 9.83. The number of para-hydroxylation sites is 1. The Hall–Kier alpha value is -2.95. The fourth-order valence-corrected chi connectivity index (χ4v) is 5.04. The number of hydrogen-bond acceptors (Lipinski definition) is 7. The molecule has 0 amide bonds. The van der Waals surface area contributed by atoms with Gasteiger partial charge in [0, 0.05) is 23.7 Å². The van der Waals surface area contributed by atoms with Crippen LogP contribution >= 0.6 is 0 Å². The third-order valence-electron chi connectivity index (χ3n) is 7.11. The van der Waals surface area contributed by atoms with Crippen molar-refractivity contribution in [2.75, 3.05) is 28.4 Å². The van der Waals surface area contributed by atoms with Gasteiger partial charge in [-0.1, -0.05) is 24.6 Å². The Morgan fingerprint density at radius 1 is 1.12 bits per heavy atom. The summed E-state index contributed by atoms with van der Waals surface area (Å²) in [5.74, 6) is 2.87. The molecule has 0 saturated heterocycles. The van der Waals surface area contributed by atoms with Gasteiger partial charge in [0.05, 0.1) is 34.0 Å². The molecule has 3 unspecified atom stereocenters. The van der Waals surface area contributed by atoms with Gasteiger partial charge in [-0.3, -0.25) is 4.90 Å². The minimum Gasteiger partial charge on any atom is -0.493 e. The zero-order chi connectivity index (χ0) is 24.3. The standard InChI is InChI=1S/C27H34N2O5/c1-27(17-28,26-33-16-18-9-6-7-11-22(18)34-26)12-8-10-20-14-21-19(15-29(20)2)13-23(30-3)25(32-5)24(21)31-4/h6-7,9,11,13,20,26H,8,10,12,14-16H2,1-5H3. The highest BCUT2D eigenvalue weighted by atomic mass is 16.7. The zero-order valence-corrected chi connectivity index (χ0v) is 20.7. The molecule has 2 aliphatic heterocycles. The summed E-state index contributed by atoms with van der Waals surface area (Å²) in [5, 5.41) is 10.0. The molecule has 7 heteroatoms. The molecule has 2 aromatic rings. The van der Waals surface area contributed by atoms with Crippen molar-refractivity contribution < 1.29 is 23.7 Å². The predicted molar refractivity (Wildman–Crippen MR) is 128 cm³/mol. The van der Waals surface area contributed by atoms with E-state index in [1.165, 1.54) is 11.1 Å². The first-order chi connectivity index (χ1) is 16.4. The van der Waals surface area contributed by atoms with Crippen LogP contribution in [0.4, 0.5) is 0 Å². The molecule has 2 aromatic carbocycles. The Labute approximate surface area is 202 Å². The molecular weight excluding hydrogens is 432 g/mol. The van der Waals surface area contributed by atoms with E-state index in [9.17, 15) is 5.26 Å². The van der Waals surface area contributed by atoms with Crippen molar-refractivity contribution in [1.82, 2.24) is 4.90 Å². The molecule has 0 radical (unpaired) electrons. The highest BCUT2D eigenvalue weighted by Gasteiger charge is 2.40. The number of ether oxygens (including phenoxy) is 5. The SMILES string of the molecule is COc1cc2c(c(OC)c1OC)CC(CCCC(C)(C#N)C1OCc3ccccc3O1)N(C)C2. The van der Waals surface area contributed by atoms with Crippen molar-refractivity contribution in [3.63, 3.8) is 0 Å². The molecule has 182 valence electrons. The summed E-state index contributed by atoms with van der Waals surface area (Å²) in [6.07, 6.45) is 2.80. The molecule has 34 heavy (non-hydrogen) atoms. The molecule has 0 spiro atoms. The minimum atomic E-state index is -0.729. The largest absolute Gasteiger partial charge is 0.493 e. The van der Waals surface area contributed by atoms with Crippen molar-refractivity contribution in [3.8, 4) is 29.1 Å². The quantitative estimate of drug-likeness (QED) is 0.558. The lowest BCUT2D eigenvalue weighted by Gasteiger charge is -2.37. The van der Waals surface area contributed by atoms with Crippen molar-refractivity contribution in [3.05, 3.63) is 47.0 Å². The van der Waals surface area contributed by atoms with Crippen LogP contribution in [0.15, 0.2) is 30.3 Å². The Morgan fingerprint density at radius 2 is 1.88 bits per heavy atom. The number of fused-ring (bicyclic) bond motifs is 2. The van der Waals surface area contributed by atoms with Crippen LogP contribution in [0.3, 0.4) is 0 Å². The van der Waals surface area contributed by atoms with E-state index in [0.29, 0.717) is 30.6 Å². The van der Waals surface area contributed by atoms with Crippen LogP contribution in [-0.2, 0) is 24.3 Å². The van der Waals surface area contributed by atoms with Gasteiger partial charge in [0.15, 0.2) is 11.5 Å². The first kappa shape index (κ1) is 24.2. The number of hydrogen-bond donors (Lipinski definition) is 0. The number of benzene rings is 2. The average molecular weight is 467 g/mol. The minimum absolute atomic E-state index is 0.330. The van der Waals surface area contributed by atoms with Crippen molar-refractivity contribution in [2.24, 2.45) is 5.41 Å². The van der Waals surface area contributed by atoms with Gasteiger partial charge in [-0.05, 0) is 50.9 Å². The van der Waals surface area contributed by atoms with Crippen molar-refractivity contribution >= 4 is 0 Å². The topological polar surface area (TPSA) is 73.2 Å². The van der Waals surface area contributed by atoms with Crippen LogP contribution in [0, 0.1) is 16.7 Å². The second-order valence-corrected chi connectivity index (χ2v) is 9.35. The smallest absolute Gasteiger partial charge is 0.218 e. The molecule has 4 rings (SSSR count). The summed E-state index contributed by atoms with van der Waals surface area (Å²) < 4.78 is 28.9. The summed E-state index contributed by atoms with van der Waals surface area (Å²) in [4.78, 5) is 2.36. The second kappa shape index (κ2) is 10.1. The number of nitrogens with zero attached hydrogens (tertiary/aromatic N) is 2. The van der Waals surface area contributed by atoms with Crippen LogP contribution in [0.25, 0.3) is 0 Å². The van der Waals surface area contributed by atoms with Gasteiger partial charge >= 0.3 is 0 Å². The second-order valence-electron chi connectivity index (χ2n) is 9.35. The maximum Gasteiger partial charge on any atom is 0.218 e. The summed E-state index contributed by atoms with van der Waals surface area (Å²) in [7, 11) is 7.09. The number of nitriles is 1. The van der Waals surface area contributed by atoms with Gasteiger partial charge in [-0.25, -0.2) is 0 Å². The van der Waals surface area contributed by atoms with Gasteiger partial charge in [0.2, 0.25) is 12.0 Å². The van der Waals surface area contributed by atoms with Crippen LogP contribution in [0.2, 0.25) is 0 Å².